The number of aryl methyl sites for hydroxylation is 1. The minimum atomic E-state index is -0.777. The van der Waals surface area contributed by atoms with E-state index in [2.05, 4.69) is 4.98 Å². The standard InChI is InChI=1S/C14H11N3O5/c1-9-2-4-12-15-10(7-16(12)6-9)8-21-14(18)11-3-5-13(22-11)17(19)20/h2-7H,8H2,1H3. The van der Waals surface area contributed by atoms with Gasteiger partial charge in [0.25, 0.3) is 0 Å². The molecule has 3 aromatic rings. The first kappa shape index (κ1) is 13.8. The number of carbonyl (C=O) groups excluding carboxylic acids is 1. The number of rotatable bonds is 4. The quantitative estimate of drug-likeness (QED) is 0.417. The molecule has 0 aliphatic rings. The Balaban J connectivity index is 1.70. The van der Waals surface area contributed by atoms with Gasteiger partial charge in [-0.15, -0.1) is 0 Å². The highest BCUT2D eigenvalue weighted by molar-refractivity contribution is 5.86. The largest absolute Gasteiger partial charge is 0.453 e. The molecule has 8 heteroatoms. The molecule has 3 rings (SSSR count). The number of nitrogens with zero attached hydrogens (tertiary/aromatic N) is 3. The Morgan fingerprint density at radius 3 is 2.91 bits per heavy atom. The van der Waals surface area contributed by atoms with Gasteiger partial charge in [-0.2, -0.15) is 0 Å². The summed E-state index contributed by atoms with van der Waals surface area (Å²) in [5.74, 6) is -1.50. The number of hydrogen-bond acceptors (Lipinski definition) is 6. The van der Waals surface area contributed by atoms with Crippen LogP contribution in [0.2, 0.25) is 0 Å². The lowest BCUT2D eigenvalue weighted by Crippen LogP contribution is -2.04. The van der Waals surface area contributed by atoms with Crippen molar-refractivity contribution in [3.8, 4) is 0 Å². The summed E-state index contributed by atoms with van der Waals surface area (Å²) in [6, 6.07) is 6.09. The molecule has 0 saturated carbocycles. The van der Waals surface area contributed by atoms with Crippen LogP contribution in [0.1, 0.15) is 21.8 Å². The first-order valence-corrected chi connectivity index (χ1v) is 6.38. The molecule has 0 saturated heterocycles. The van der Waals surface area contributed by atoms with E-state index in [1.807, 2.05) is 29.7 Å². The number of imidazole rings is 1. The maximum Gasteiger partial charge on any atom is 0.433 e. The normalized spacial score (nSPS) is 10.8. The Labute approximate surface area is 124 Å². The van der Waals surface area contributed by atoms with Crippen molar-refractivity contribution in [3.05, 3.63) is 63.8 Å². The van der Waals surface area contributed by atoms with Crippen molar-refractivity contribution < 1.29 is 18.9 Å². The van der Waals surface area contributed by atoms with Crippen LogP contribution < -0.4 is 0 Å². The van der Waals surface area contributed by atoms with Crippen LogP contribution in [0.25, 0.3) is 5.65 Å². The zero-order chi connectivity index (χ0) is 15.7. The minimum absolute atomic E-state index is 0.0476. The topological polar surface area (TPSA) is 99.9 Å². The van der Waals surface area contributed by atoms with Gasteiger partial charge in [-0.25, -0.2) is 9.78 Å². The number of pyridine rings is 1. The Bertz CT molecular complexity index is 864. The molecular formula is C14H11N3O5. The average molecular weight is 301 g/mol. The van der Waals surface area contributed by atoms with Crippen molar-refractivity contribution in [2.45, 2.75) is 13.5 Å². The van der Waals surface area contributed by atoms with Crippen LogP contribution in [0, 0.1) is 17.0 Å². The summed E-state index contributed by atoms with van der Waals surface area (Å²) in [4.78, 5) is 25.8. The van der Waals surface area contributed by atoms with Crippen LogP contribution in [-0.2, 0) is 11.3 Å². The highest BCUT2D eigenvalue weighted by Crippen LogP contribution is 2.17. The number of ether oxygens (including phenoxy) is 1. The summed E-state index contributed by atoms with van der Waals surface area (Å²) in [7, 11) is 0. The fraction of sp³-hybridized carbons (Fsp3) is 0.143. The minimum Gasteiger partial charge on any atom is -0.453 e. The summed E-state index contributed by atoms with van der Waals surface area (Å²) in [5.41, 5.74) is 2.39. The number of hydrogen-bond donors (Lipinski definition) is 0. The predicted octanol–water partition coefficient (Wildman–Crippen LogP) is 2.50. The molecule has 0 aliphatic carbocycles. The van der Waals surface area contributed by atoms with E-state index in [0.717, 1.165) is 17.3 Å². The van der Waals surface area contributed by atoms with Crippen LogP contribution in [0.5, 0.6) is 0 Å². The molecule has 0 atom stereocenters. The molecule has 0 unspecified atom stereocenters. The van der Waals surface area contributed by atoms with Gasteiger partial charge in [-0.05, 0) is 24.6 Å². The highest BCUT2D eigenvalue weighted by Gasteiger charge is 2.18. The van der Waals surface area contributed by atoms with Crippen molar-refractivity contribution in [1.29, 1.82) is 0 Å². The number of aromatic nitrogens is 2. The van der Waals surface area contributed by atoms with Crippen molar-refractivity contribution in [2.24, 2.45) is 0 Å². The summed E-state index contributed by atoms with van der Waals surface area (Å²) >= 11 is 0. The van der Waals surface area contributed by atoms with Crippen molar-refractivity contribution in [1.82, 2.24) is 9.38 Å². The summed E-state index contributed by atoms with van der Waals surface area (Å²) in [6.07, 6.45) is 3.66. The van der Waals surface area contributed by atoms with Crippen LogP contribution in [0.3, 0.4) is 0 Å². The lowest BCUT2D eigenvalue weighted by Gasteiger charge is -1.98. The van der Waals surface area contributed by atoms with E-state index in [0.29, 0.717) is 5.69 Å². The molecule has 3 aromatic heterocycles. The first-order valence-electron chi connectivity index (χ1n) is 6.38. The second kappa shape index (κ2) is 5.32. The summed E-state index contributed by atoms with van der Waals surface area (Å²) < 4.78 is 11.6. The number of furan rings is 1. The third kappa shape index (κ3) is 2.66. The zero-order valence-electron chi connectivity index (χ0n) is 11.6. The van der Waals surface area contributed by atoms with E-state index in [1.54, 1.807) is 6.20 Å². The van der Waals surface area contributed by atoms with Crippen molar-refractivity contribution >= 4 is 17.5 Å². The van der Waals surface area contributed by atoms with Gasteiger partial charge >= 0.3 is 11.9 Å². The van der Waals surface area contributed by atoms with E-state index >= 15 is 0 Å². The van der Waals surface area contributed by atoms with Crippen LogP contribution in [0.15, 0.2) is 41.1 Å². The van der Waals surface area contributed by atoms with Crippen LogP contribution in [-0.4, -0.2) is 20.3 Å². The predicted molar refractivity (Wildman–Crippen MR) is 74.4 cm³/mol. The van der Waals surface area contributed by atoms with Gasteiger partial charge in [-0.3, -0.25) is 10.1 Å². The highest BCUT2D eigenvalue weighted by atomic mass is 16.7. The number of nitro groups is 1. The van der Waals surface area contributed by atoms with Gasteiger partial charge in [0.15, 0.2) is 0 Å². The molecule has 0 bridgehead atoms. The maximum atomic E-state index is 11.8. The molecule has 112 valence electrons. The van der Waals surface area contributed by atoms with Gasteiger partial charge in [0.1, 0.15) is 17.2 Å². The Hall–Kier alpha value is -3.16. The molecule has 0 amide bonds. The van der Waals surface area contributed by atoms with Gasteiger partial charge in [0.2, 0.25) is 5.76 Å². The van der Waals surface area contributed by atoms with E-state index < -0.39 is 16.8 Å². The molecule has 0 fully saturated rings. The molecule has 0 spiro atoms. The molecular weight excluding hydrogens is 290 g/mol. The Kier molecular flexibility index (Phi) is 3.34. The van der Waals surface area contributed by atoms with Crippen LogP contribution >= 0.6 is 0 Å². The zero-order valence-corrected chi connectivity index (χ0v) is 11.6. The fourth-order valence-electron chi connectivity index (χ4n) is 1.97. The summed E-state index contributed by atoms with van der Waals surface area (Å²) in [5, 5.41) is 10.5. The fourth-order valence-corrected chi connectivity index (χ4v) is 1.97. The number of fused-ring (bicyclic) bond motifs is 1. The smallest absolute Gasteiger partial charge is 0.433 e. The van der Waals surface area contributed by atoms with Crippen molar-refractivity contribution in [2.75, 3.05) is 0 Å². The molecule has 22 heavy (non-hydrogen) atoms. The van der Waals surface area contributed by atoms with Gasteiger partial charge in [0.05, 0.1) is 11.8 Å². The molecule has 3 heterocycles. The van der Waals surface area contributed by atoms with E-state index in [9.17, 15) is 14.9 Å². The third-order valence-corrected chi connectivity index (χ3v) is 2.97. The Morgan fingerprint density at radius 2 is 2.18 bits per heavy atom. The number of carbonyl (C=O) groups is 1. The summed E-state index contributed by atoms with van der Waals surface area (Å²) in [6.45, 7) is 1.91. The van der Waals surface area contributed by atoms with Crippen LogP contribution in [0.4, 0.5) is 5.88 Å². The molecule has 0 aromatic carbocycles. The molecule has 8 nitrogen and oxygen atoms in total. The van der Waals surface area contributed by atoms with Crippen molar-refractivity contribution in [3.63, 3.8) is 0 Å². The molecule has 0 N–H and O–H groups in total. The second-order valence-electron chi connectivity index (χ2n) is 4.68. The van der Waals surface area contributed by atoms with Gasteiger partial charge in [0, 0.05) is 12.4 Å². The molecule has 0 radical (unpaired) electrons. The second-order valence-corrected chi connectivity index (χ2v) is 4.68. The monoisotopic (exact) mass is 301 g/mol. The Morgan fingerprint density at radius 1 is 1.36 bits per heavy atom. The first-order chi connectivity index (χ1) is 10.5. The lowest BCUT2D eigenvalue weighted by atomic mass is 10.3. The molecule has 0 aliphatic heterocycles. The lowest BCUT2D eigenvalue weighted by molar-refractivity contribution is -0.402. The van der Waals surface area contributed by atoms with Gasteiger partial charge in [-0.1, -0.05) is 6.07 Å². The van der Waals surface area contributed by atoms with Gasteiger partial charge < -0.3 is 13.6 Å². The third-order valence-electron chi connectivity index (χ3n) is 2.97. The maximum absolute atomic E-state index is 11.8. The van der Waals surface area contributed by atoms with E-state index in [4.69, 9.17) is 9.15 Å². The SMILES string of the molecule is Cc1ccc2nc(COC(=O)c3ccc([N+](=O)[O-])o3)cn2c1. The average Bonchev–Trinajstić information content (AvgIpc) is 3.10. The number of esters is 1. The van der Waals surface area contributed by atoms with E-state index in [-0.39, 0.29) is 12.4 Å². The van der Waals surface area contributed by atoms with E-state index in [1.165, 1.54) is 6.07 Å².